The number of nitrogens with zero attached hydrogens (tertiary/aromatic N) is 1. The summed E-state index contributed by atoms with van der Waals surface area (Å²) in [6.07, 6.45) is 0. The third-order valence-electron chi connectivity index (χ3n) is 4.97. The molecule has 0 aliphatic rings. The molecule has 2 aromatic carbocycles. The molecule has 148 valence electrons. The minimum atomic E-state index is -0.699. The maximum Gasteiger partial charge on any atom is 0.339 e. The Bertz CT molecular complexity index is 956. The highest BCUT2D eigenvalue weighted by atomic mass is 35.5. The zero-order valence-corrected chi connectivity index (χ0v) is 17.1. The van der Waals surface area contributed by atoms with Crippen molar-refractivity contribution in [3.05, 3.63) is 66.7 Å². The van der Waals surface area contributed by atoms with Crippen LogP contribution in [0.25, 0.3) is 0 Å². The summed E-state index contributed by atoms with van der Waals surface area (Å²) < 4.78 is 5.15. The summed E-state index contributed by atoms with van der Waals surface area (Å²) in [6.45, 7) is 8.94. The number of nitrogens with one attached hydrogen (secondary N) is 1. The number of ether oxygens (including phenoxy) is 1. The monoisotopic (exact) mass is 404 g/mol. The number of benzene rings is 2. The summed E-state index contributed by atoms with van der Waals surface area (Å²) in [6, 6.07) is 3.80. The molecule has 2 rings (SSSR count). The van der Waals surface area contributed by atoms with Gasteiger partial charge in [-0.25, -0.2) is 4.79 Å². The largest absolute Gasteiger partial charge is 0.452 e. The second-order valence-electron chi connectivity index (χ2n) is 6.54. The number of rotatable bonds is 5. The molecule has 0 aromatic heterocycles. The van der Waals surface area contributed by atoms with Crippen molar-refractivity contribution in [3.8, 4) is 0 Å². The van der Waals surface area contributed by atoms with Crippen LogP contribution in [0.2, 0.25) is 5.02 Å². The van der Waals surface area contributed by atoms with E-state index in [4.69, 9.17) is 16.3 Å². The molecule has 1 N–H and O–H groups in total. The first-order chi connectivity index (χ1) is 13.0. The molecular formula is C20H21ClN2O5. The lowest BCUT2D eigenvalue weighted by Gasteiger charge is -2.17. The normalized spacial score (nSPS) is 10.5. The predicted octanol–water partition coefficient (Wildman–Crippen LogP) is 4.59. The fraction of sp³-hybridized carbons (Fsp3) is 0.300. The molecule has 0 radical (unpaired) electrons. The summed E-state index contributed by atoms with van der Waals surface area (Å²) in [5.41, 5.74) is 4.77. The van der Waals surface area contributed by atoms with Crippen molar-refractivity contribution in [1.29, 1.82) is 0 Å². The summed E-state index contributed by atoms with van der Waals surface area (Å²) in [5, 5.41) is 13.6. The minimum absolute atomic E-state index is 0.0621. The Hall–Kier alpha value is -2.93. The average Bonchev–Trinajstić information content (AvgIpc) is 2.63. The molecule has 1 amide bonds. The van der Waals surface area contributed by atoms with E-state index >= 15 is 0 Å². The highest BCUT2D eigenvalue weighted by Crippen LogP contribution is 2.28. The zero-order chi connectivity index (χ0) is 21.2. The summed E-state index contributed by atoms with van der Waals surface area (Å²) >= 11 is 5.83. The lowest BCUT2D eigenvalue weighted by atomic mass is 9.90. The molecule has 0 saturated heterocycles. The van der Waals surface area contributed by atoms with Crippen molar-refractivity contribution in [2.45, 2.75) is 34.6 Å². The number of nitro groups is 1. The van der Waals surface area contributed by atoms with Crippen LogP contribution < -0.4 is 5.32 Å². The second-order valence-corrected chi connectivity index (χ2v) is 6.98. The van der Waals surface area contributed by atoms with Gasteiger partial charge < -0.3 is 10.1 Å². The van der Waals surface area contributed by atoms with Gasteiger partial charge in [0.2, 0.25) is 0 Å². The maximum atomic E-state index is 12.6. The number of halogens is 1. The minimum Gasteiger partial charge on any atom is -0.452 e. The average molecular weight is 405 g/mol. The van der Waals surface area contributed by atoms with Crippen molar-refractivity contribution in [1.82, 2.24) is 0 Å². The van der Waals surface area contributed by atoms with Crippen molar-refractivity contribution in [2.75, 3.05) is 11.9 Å². The molecule has 0 saturated carbocycles. The van der Waals surface area contributed by atoms with Crippen LogP contribution >= 0.6 is 11.6 Å². The number of hydrogen-bond donors (Lipinski definition) is 1. The molecule has 0 aliphatic heterocycles. The molecule has 0 fully saturated rings. The van der Waals surface area contributed by atoms with Gasteiger partial charge in [0.25, 0.3) is 11.6 Å². The van der Waals surface area contributed by atoms with Crippen molar-refractivity contribution < 1.29 is 19.2 Å². The first-order valence-corrected chi connectivity index (χ1v) is 8.90. The molecule has 0 bridgehead atoms. The second kappa shape index (κ2) is 8.39. The Morgan fingerprint density at radius 1 is 1.04 bits per heavy atom. The smallest absolute Gasteiger partial charge is 0.339 e. The fourth-order valence-corrected chi connectivity index (χ4v) is 3.14. The van der Waals surface area contributed by atoms with Crippen molar-refractivity contribution >= 4 is 34.9 Å². The van der Waals surface area contributed by atoms with Gasteiger partial charge in [-0.2, -0.15) is 0 Å². The molecule has 0 spiro atoms. The number of anilines is 1. The maximum absolute atomic E-state index is 12.6. The Balaban J connectivity index is 2.16. The van der Waals surface area contributed by atoms with E-state index in [-0.39, 0.29) is 16.4 Å². The molecule has 7 nitrogen and oxygen atoms in total. The summed E-state index contributed by atoms with van der Waals surface area (Å²) in [5.74, 6) is -1.31. The highest BCUT2D eigenvalue weighted by Gasteiger charge is 2.21. The lowest BCUT2D eigenvalue weighted by Crippen LogP contribution is -2.22. The quantitative estimate of drug-likeness (QED) is 0.446. The first-order valence-electron chi connectivity index (χ1n) is 8.52. The van der Waals surface area contributed by atoms with Crippen LogP contribution in [-0.2, 0) is 9.53 Å². The predicted molar refractivity (Wildman–Crippen MR) is 107 cm³/mol. The number of amides is 1. The van der Waals surface area contributed by atoms with Gasteiger partial charge in [0, 0.05) is 11.1 Å². The molecule has 8 heteroatoms. The van der Waals surface area contributed by atoms with Gasteiger partial charge in [-0.05, 0) is 74.6 Å². The first kappa shape index (κ1) is 21.4. The summed E-state index contributed by atoms with van der Waals surface area (Å²) in [4.78, 5) is 35.1. The Kier molecular flexibility index (Phi) is 6.41. The number of hydrogen-bond acceptors (Lipinski definition) is 5. The van der Waals surface area contributed by atoms with Crippen LogP contribution in [0.4, 0.5) is 11.4 Å². The molecule has 28 heavy (non-hydrogen) atoms. The van der Waals surface area contributed by atoms with Gasteiger partial charge in [0.05, 0.1) is 10.5 Å². The topological polar surface area (TPSA) is 98.5 Å². The van der Waals surface area contributed by atoms with E-state index in [0.717, 1.165) is 27.8 Å². The van der Waals surface area contributed by atoms with Gasteiger partial charge >= 0.3 is 5.97 Å². The molecule has 0 atom stereocenters. The van der Waals surface area contributed by atoms with E-state index in [1.807, 2.05) is 34.6 Å². The Morgan fingerprint density at radius 3 is 2.11 bits per heavy atom. The Morgan fingerprint density at radius 2 is 1.57 bits per heavy atom. The van der Waals surface area contributed by atoms with Crippen molar-refractivity contribution in [3.63, 3.8) is 0 Å². The van der Waals surface area contributed by atoms with E-state index in [1.54, 1.807) is 0 Å². The van der Waals surface area contributed by atoms with E-state index < -0.39 is 23.4 Å². The van der Waals surface area contributed by atoms with Crippen LogP contribution in [0.1, 0.15) is 38.2 Å². The molecule has 2 aromatic rings. The van der Waals surface area contributed by atoms with Gasteiger partial charge in [-0.3, -0.25) is 14.9 Å². The third-order valence-corrected chi connectivity index (χ3v) is 5.20. The number of nitro benzene ring substituents is 1. The van der Waals surface area contributed by atoms with Gasteiger partial charge in [-0.1, -0.05) is 11.6 Å². The van der Waals surface area contributed by atoms with Crippen molar-refractivity contribution in [2.24, 2.45) is 0 Å². The molecule has 0 unspecified atom stereocenters. The number of carbonyl (C=O) groups is 2. The van der Waals surface area contributed by atoms with Gasteiger partial charge in [0.1, 0.15) is 5.69 Å². The highest BCUT2D eigenvalue weighted by molar-refractivity contribution is 6.31. The molecular weight excluding hydrogens is 384 g/mol. The molecule has 0 heterocycles. The van der Waals surface area contributed by atoms with E-state index in [1.165, 1.54) is 18.2 Å². The third kappa shape index (κ3) is 4.31. The SMILES string of the molecule is Cc1c(C)c(C)c(C(=O)OCC(=O)Nc2cc(Cl)ccc2[N+](=O)[O-])c(C)c1C. The van der Waals surface area contributed by atoms with E-state index in [2.05, 4.69) is 5.32 Å². The van der Waals surface area contributed by atoms with Crippen LogP contribution in [0.15, 0.2) is 18.2 Å². The fourth-order valence-electron chi connectivity index (χ4n) is 2.96. The standard InChI is InChI=1S/C20H21ClN2O5/c1-10-11(2)13(4)19(14(5)12(10)3)20(25)28-9-18(24)22-16-8-15(21)6-7-17(16)23(26)27/h6-8H,9H2,1-5H3,(H,22,24). The lowest BCUT2D eigenvalue weighted by molar-refractivity contribution is -0.383. The van der Waals surface area contributed by atoms with Crippen LogP contribution in [0.5, 0.6) is 0 Å². The van der Waals surface area contributed by atoms with Crippen LogP contribution in [0, 0.1) is 44.7 Å². The van der Waals surface area contributed by atoms with Gasteiger partial charge in [0.15, 0.2) is 6.61 Å². The van der Waals surface area contributed by atoms with Crippen LogP contribution in [-0.4, -0.2) is 23.4 Å². The van der Waals surface area contributed by atoms with E-state index in [0.29, 0.717) is 5.56 Å². The zero-order valence-electron chi connectivity index (χ0n) is 16.3. The van der Waals surface area contributed by atoms with Crippen LogP contribution in [0.3, 0.4) is 0 Å². The number of esters is 1. The summed E-state index contributed by atoms with van der Waals surface area (Å²) in [7, 11) is 0. The van der Waals surface area contributed by atoms with Gasteiger partial charge in [-0.15, -0.1) is 0 Å². The number of carbonyl (C=O) groups excluding carboxylic acids is 2. The Labute approximate surface area is 167 Å². The van der Waals surface area contributed by atoms with E-state index in [9.17, 15) is 19.7 Å². The molecule has 0 aliphatic carbocycles.